The number of Topliss-reactive ketones (excluding diaryl/α,β-unsaturated/α-hetero) is 1. The highest BCUT2D eigenvalue weighted by atomic mass is 16.1. The van der Waals surface area contributed by atoms with Crippen LogP contribution in [0.25, 0.3) is 0 Å². The molecule has 0 fully saturated rings. The Morgan fingerprint density at radius 1 is 1.50 bits per heavy atom. The van der Waals surface area contributed by atoms with Crippen molar-refractivity contribution in [3.8, 4) is 12.3 Å². The molecule has 0 atom stereocenters. The maximum atomic E-state index is 11.6. The molecule has 0 spiro atoms. The summed E-state index contributed by atoms with van der Waals surface area (Å²) in [6, 6.07) is 1.75. The predicted molar refractivity (Wildman–Crippen MR) is 53.9 cm³/mol. The first kappa shape index (κ1) is 10.4. The van der Waals surface area contributed by atoms with E-state index in [1.807, 2.05) is 6.92 Å². The molecule has 0 aliphatic rings. The smallest absolute Gasteiger partial charge is 0.165 e. The Bertz CT molecular complexity index is 391. The van der Waals surface area contributed by atoms with E-state index in [1.54, 1.807) is 13.0 Å². The minimum absolute atomic E-state index is 0.0402. The first-order valence-electron chi connectivity index (χ1n) is 4.42. The van der Waals surface area contributed by atoms with Crippen molar-refractivity contribution in [1.82, 2.24) is 10.2 Å². The summed E-state index contributed by atoms with van der Waals surface area (Å²) >= 11 is 0. The quantitative estimate of drug-likeness (QED) is 0.535. The Balaban J connectivity index is 2.90. The van der Waals surface area contributed by atoms with Crippen LogP contribution in [-0.4, -0.2) is 16.0 Å². The summed E-state index contributed by atoms with van der Waals surface area (Å²) in [4.78, 5) is 11.6. The zero-order chi connectivity index (χ0) is 10.6. The van der Waals surface area contributed by atoms with Gasteiger partial charge >= 0.3 is 0 Å². The van der Waals surface area contributed by atoms with Crippen LogP contribution in [0.5, 0.6) is 0 Å². The summed E-state index contributed by atoms with van der Waals surface area (Å²) in [5.41, 5.74) is 2.05. The number of terminal acetylenes is 1. The molecule has 0 saturated heterocycles. The molecule has 0 N–H and O–H groups in total. The van der Waals surface area contributed by atoms with Crippen LogP contribution in [0.2, 0.25) is 0 Å². The van der Waals surface area contributed by atoms with Gasteiger partial charge in [-0.3, -0.25) is 4.79 Å². The largest absolute Gasteiger partial charge is 0.294 e. The molecule has 1 aromatic rings. The van der Waals surface area contributed by atoms with Gasteiger partial charge in [0.2, 0.25) is 0 Å². The highest BCUT2D eigenvalue weighted by Crippen LogP contribution is 2.09. The van der Waals surface area contributed by atoms with E-state index in [0.29, 0.717) is 24.1 Å². The topological polar surface area (TPSA) is 42.9 Å². The monoisotopic (exact) mass is 188 g/mol. The van der Waals surface area contributed by atoms with E-state index in [2.05, 4.69) is 16.1 Å². The first-order chi connectivity index (χ1) is 6.65. The molecule has 0 radical (unpaired) electrons. The molecule has 0 aromatic carbocycles. The number of rotatable bonds is 3. The van der Waals surface area contributed by atoms with Gasteiger partial charge in [0.15, 0.2) is 5.78 Å². The summed E-state index contributed by atoms with van der Waals surface area (Å²) in [5.74, 6) is 2.49. The molecule has 3 nitrogen and oxygen atoms in total. The van der Waals surface area contributed by atoms with Gasteiger partial charge in [-0.1, -0.05) is 0 Å². The summed E-state index contributed by atoms with van der Waals surface area (Å²) in [7, 11) is 0. The number of carbonyl (C=O) groups is 1. The lowest BCUT2D eigenvalue weighted by Gasteiger charge is -2.02. The van der Waals surface area contributed by atoms with Crippen molar-refractivity contribution in [2.45, 2.75) is 26.7 Å². The van der Waals surface area contributed by atoms with Gasteiger partial charge in [0.25, 0.3) is 0 Å². The Labute approximate surface area is 83.6 Å². The van der Waals surface area contributed by atoms with Crippen LogP contribution in [0.1, 0.15) is 34.6 Å². The third-order valence-electron chi connectivity index (χ3n) is 1.90. The fraction of sp³-hybridized carbons (Fsp3) is 0.364. The van der Waals surface area contributed by atoms with E-state index >= 15 is 0 Å². The van der Waals surface area contributed by atoms with Gasteiger partial charge in [0.1, 0.15) is 0 Å². The van der Waals surface area contributed by atoms with E-state index in [1.165, 1.54) is 0 Å². The molecule has 0 unspecified atom stereocenters. The molecule has 0 bridgehead atoms. The van der Waals surface area contributed by atoms with E-state index in [9.17, 15) is 4.79 Å². The van der Waals surface area contributed by atoms with Gasteiger partial charge in [-0.05, 0) is 19.9 Å². The highest BCUT2D eigenvalue weighted by molar-refractivity contribution is 5.97. The second kappa shape index (κ2) is 4.52. The average molecular weight is 188 g/mol. The normalized spacial score (nSPS) is 9.50. The number of aromatic nitrogens is 2. The molecule has 1 rings (SSSR count). The van der Waals surface area contributed by atoms with Crippen LogP contribution in [0.3, 0.4) is 0 Å². The number of hydrogen-bond donors (Lipinski definition) is 0. The Morgan fingerprint density at radius 3 is 2.86 bits per heavy atom. The maximum Gasteiger partial charge on any atom is 0.165 e. The predicted octanol–water partition coefficient (Wildman–Crippen LogP) is 1.69. The number of aryl methyl sites for hydroxylation is 2. The van der Waals surface area contributed by atoms with Crippen molar-refractivity contribution in [2.24, 2.45) is 0 Å². The number of nitrogens with zero attached hydrogens (tertiary/aromatic N) is 2. The minimum Gasteiger partial charge on any atom is -0.294 e. The third kappa shape index (κ3) is 2.40. The molecule has 0 amide bonds. The fourth-order valence-electron chi connectivity index (χ4n) is 1.15. The standard InChI is InChI=1S/C11H12N2O/c1-4-5-6-11(14)10-7-8(2)12-13-9(10)3/h1,7H,5-6H2,2-3H3. The van der Waals surface area contributed by atoms with Crippen molar-refractivity contribution in [1.29, 1.82) is 0 Å². The minimum atomic E-state index is 0.0402. The summed E-state index contributed by atoms with van der Waals surface area (Å²) in [5, 5.41) is 7.74. The molecule has 0 aliphatic carbocycles. The van der Waals surface area contributed by atoms with Gasteiger partial charge in [-0.2, -0.15) is 10.2 Å². The lowest BCUT2D eigenvalue weighted by molar-refractivity contribution is 0.0983. The van der Waals surface area contributed by atoms with Crippen molar-refractivity contribution in [2.75, 3.05) is 0 Å². The van der Waals surface area contributed by atoms with Crippen molar-refractivity contribution >= 4 is 5.78 Å². The van der Waals surface area contributed by atoms with Crippen molar-refractivity contribution < 1.29 is 4.79 Å². The van der Waals surface area contributed by atoms with Gasteiger partial charge in [-0.25, -0.2) is 0 Å². The number of carbonyl (C=O) groups excluding carboxylic acids is 1. The Hall–Kier alpha value is -1.69. The van der Waals surface area contributed by atoms with Crippen LogP contribution >= 0.6 is 0 Å². The Morgan fingerprint density at radius 2 is 2.21 bits per heavy atom. The van der Waals surface area contributed by atoms with Crippen LogP contribution in [0, 0.1) is 26.2 Å². The molecule has 72 valence electrons. The maximum absolute atomic E-state index is 11.6. The second-order valence-electron chi connectivity index (χ2n) is 3.11. The summed E-state index contributed by atoms with van der Waals surface area (Å²) < 4.78 is 0. The van der Waals surface area contributed by atoms with Gasteiger partial charge in [-0.15, -0.1) is 12.3 Å². The van der Waals surface area contributed by atoms with Crippen molar-refractivity contribution in [3.05, 3.63) is 23.0 Å². The molecule has 3 heteroatoms. The van der Waals surface area contributed by atoms with Crippen LogP contribution in [-0.2, 0) is 0 Å². The second-order valence-corrected chi connectivity index (χ2v) is 3.11. The summed E-state index contributed by atoms with van der Waals surface area (Å²) in [6.45, 7) is 3.58. The Kier molecular flexibility index (Phi) is 3.35. The molecule has 1 heterocycles. The molecule has 0 saturated carbocycles. The zero-order valence-corrected chi connectivity index (χ0v) is 8.37. The van der Waals surface area contributed by atoms with Crippen molar-refractivity contribution in [3.63, 3.8) is 0 Å². The summed E-state index contributed by atoms with van der Waals surface area (Å²) in [6.07, 6.45) is 5.94. The average Bonchev–Trinajstić information content (AvgIpc) is 2.18. The van der Waals surface area contributed by atoms with Crippen LogP contribution < -0.4 is 0 Å². The van der Waals surface area contributed by atoms with Gasteiger partial charge in [0.05, 0.1) is 11.4 Å². The molecule has 14 heavy (non-hydrogen) atoms. The van der Waals surface area contributed by atoms with Crippen LogP contribution in [0.15, 0.2) is 6.07 Å². The first-order valence-corrected chi connectivity index (χ1v) is 4.42. The third-order valence-corrected chi connectivity index (χ3v) is 1.90. The van der Waals surface area contributed by atoms with Gasteiger partial charge in [0, 0.05) is 18.4 Å². The van der Waals surface area contributed by atoms with E-state index < -0.39 is 0 Å². The lowest BCUT2D eigenvalue weighted by Crippen LogP contribution is -2.05. The molecular weight excluding hydrogens is 176 g/mol. The van der Waals surface area contributed by atoms with E-state index in [0.717, 1.165) is 5.69 Å². The highest BCUT2D eigenvalue weighted by Gasteiger charge is 2.09. The molecule has 0 aliphatic heterocycles. The molecule has 1 aromatic heterocycles. The molecular formula is C11H12N2O. The SMILES string of the molecule is C#CCCC(=O)c1cc(C)nnc1C. The van der Waals surface area contributed by atoms with Crippen LogP contribution in [0.4, 0.5) is 0 Å². The fourth-order valence-corrected chi connectivity index (χ4v) is 1.15. The van der Waals surface area contributed by atoms with E-state index in [4.69, 9.17) is 6.42 Å². The van der Waals surface area contributed by atoms with E-state index in [-0.39, 0.29) is 5.78 Å². The lowest BCUT2D eigenvalue weighted by atomic mass is 10.1. The number of hydrogen-bond acceptors (Lipinski definition) is 3. The number of ketones is 1. The zero-order valence-electron chi connectivity index (χ0n) is 8.37. The van der Waals surface area contributed by atoms with Gasteiger partial charge < -0.3 is 0 Å².